The molecule has 0 unspecified atom stereocenters. The van der Waals surface area contributed by atoms with Crippen LogP contribution in [0.5, 0.6) is 0 Å². The van der Waals surface area contributed by atoms with Gasteiger partial charge in [-0.15, -0.1) is 0 Å². The number of methoxy groups -OCH3 is 1. The second kappa shape index (κ2) is 6.85. The van der Waals surface area contributed by atoms with Crippen LogP contribution in [-0.4, -0.2) is 25.4 Å². The van der Waals surface area contributed by atoms with E-state index in [0.717, 1.165) is 0 Å². The maximum absolute atomic E-state index is 14.1. The molecule has 1 aromatic carbocycles. The largest absolute Gasteiger partial charge is 0.466 e. The van der Waals surface area contributed by atoms with Gasteiger partial charge in [-0.2, -0.15) is 0 Å². The molecule has 1 atom stereocenters. The first-order valence-corrected chi connectivity index (χ1v) is 8.65. The number of hydrogen-bond donors (Lipinski definition) is 0. The van der Waals surface area contributed by atoms with Gasteiger partial charge in [0.05, 0.1) is 19.9 Å². The summed E-state index contributed by atoms with van der Waals surface area (Å²) in [6.07, 6.45) is 0.747. The smallest absolute Gasteiger partial charge is 0.334 e. The Balaban J connectivity index is 3.43. The third kappa shape index (κ3) is 3.18. The van der Waals surface area contributed by atoms with Gasteiger partial charge in [0, 0.05) is 11.1 Å². The lowest BCUT2D eigenvalue weighted by Gasteiger charge is -2.27. The molecular weight excluding hydrogens is 278 g/mol. The maximum Gasteiger partial charge on any atom is 0.334 e. The van der Waals surface area contributed by atoms with Gasteiger partial charge in [-0.1, -0.05) is 38.6 Å². The molecule has 1 rings (SSSR count). The van der Waals surface area contributed by atoms with Gasteiger partial charge in [-0.25, -0.2) is 9.18 Å². The first kappa shape index (κ1) is 16.6. The van der Waals surface area contributed by atoms with E-state index in [9.17, 15) is 13.8 Å². The summed E-state index contributed by atoms with van der Waals surface area (Å²) in [5.74, 6) is -1.13. The van der Waals surface area contributed by atoms with E-state index in [1.807, 2.05) is 0 Å². The number of benzene rings is 1. The van der Waals surface area contributed by atoms with E-state index in [4.69, 9.17) is 0 Å². The van der Waals surface area contributed by atoms with E-state index in [1.165, 1.54) is 13.2 Å². The highest BCUT2D eigenvalue weighted by molar-refractivity contribution is 7.64. The average Bonchev–Trinajstić information content (AvgIpc) is 2.48. The Kier molecular flexibility index (Phi) is 5.70. The van der Waals surface area contributed by atoms with Crippen LogP contribution in [0, 0.1) is 5.82 Å². The zero-order valence-corrected chi connectivity index (χ0v) is 13.0. The average molecular weight is 298 g/mol. The van der Waals surface area contributed by atoms with Crippen molar-refractivity contribution in [1.82, 2.24) is 0 Å². The molecule has 0 aliphatic rings. The van der Waals surface area contributed by atoms with E-state index >= 15 is 0 Å². The minimum atomic E-state index is -2.80. The number of carbonyl (C=O) groups is 1. The van der Waals surface area contributed by atoms with Crippen molar-refractivity contribution in [2.24, 2.45) is 0 Å². The predicted molar refractivity (Wildman–Crippen MR) is 79.0 cm³/mol. The van der Waals surface area contributed by atoms with Crippen LogP contribution in [0.1, 0.15) is 25.1 Å². The van der Waals surface area contributed by atoms with Crippen LogP contribution < -0.4 is 0 Å². The Morgan fingerprint density at radius 2 is 1.90 bits per heavy atom. The Bertz CT molecular complexity index is 546. The van der Waals surface area contributed by atoms with Gasteiger partial charge in [0.1, 0.15) is 5.82 Å². The van der Waals surface area contributed by atoms with Gasteiger partial charge in [-0.3, -0.25) is 0 Å². The molecule has 20 heavy (non-hydrogen) atoms. The molecule has 1 aromatic rings. The molecule has 0 N–H and O–H groups in total. The van der Waals surface area contributed by atoms with Crippen molar-refractivity contribution in [1.29, 1.82) is 0 Å². The summed E-state index contributed by atoms with van der Waals surface area (Å²) in [7, 11) is -1.57. The second-order valence-electron chi connectivity index (χ2n) is 4.53. The van der Waals surface area contributed by atoms with Crippen molar-refractivity contribution in [2.45, 2.75) is 19.5 Å². The van der Waals surface area contributed by atoms with E-state index in [-0.39, 0.29) is 11.1 Å². The van der Waals surface area contributed by atoms with E-state index in [2.05, 4.69) is 11.3 Å². The van der Waals surface area contributed by atoms with Crippen molar-refractivity contribution in [3.63, 3.8) is 0 Å². The quantitative estimate of drug-likeness (QED) is 0.453. The highest BCUT2D eigenvalue weighted by Gasteiger charge is 2.37. The second-order valence-corrected chi connectivity index (χ2v) is 8.21. The summed E-state index contributed by atoms with van der Waals surface area (Å²) in [5, 5.41) is 0. The Morgan fingerprint density at radius 3 is 2.35 bits per heavy atom. The summed E-state index contributed by atoms with van der Waals surface area (Å²) < 4.78 is 31.7. The van der Waals surface area contributed by atoms with Crippen molar-refractivity contribution < 1.29 is 18.5 Å². The number of rotatable bonds is 6. The number of hydrogen-bond acceptors (Lipinski definition) is 3. The molecule has 0 aromatic heterocycles. The molecule has 0 aliphatic heterocycles. The molecule has 0 fully saturated rings. The highest BCUT2D eigenvalue weighted by atomic mass is 31.2. The van der Waals surface area contributed by atoms with E-state index < -0.39 is 24.6 Å². The monoisotopic (exact) mass is 298 g/mol. The maximum atomic E-state index is 14.1. The Morgan fingerprint density at radius 1 is 1.35 bits per heavy atom. The van der Waals surface area contributed by atoms with Crippen molar-refractivity contribution >= 4 is 13.1 Å². The fraction of sp³-hybridized carbons (Fsp3) is 0.400. The summed E-state index contributed by atoms with van der Waals surface area (Å²) in [5.41, 5.74) is -0.536. The highest BCUT2D eigenvalue weighted by Crippen LogP contribution is 2.61. The third-order valence-corrected chi connectivity index (χ3v) is 7.19. The molecule has 0 aliphatic carbocycles. The molecule has 0 heterocycles. The fourth-order valence-electron chi connectivity index (χ4n) is 2.25. The van der Waals surface area contributed by atoms with Crippen LogP contribution >= 0.6 is 7.14 Å². The van der Waals surface area contributed by atoms with Crippen LogP contribution in [0.2, 0.25) is 0 Å². The van der Waals surface area contributed by atoms with Crippen LogP contribution in [-0.2, 0) is 14.1 Å². The van der Waals surface area contributed by atoms with Crippen molar-refractivity contribution in [3.05, 3.63) is 47.8 Å². The lowest BCUT2D eigenvalue weighted by Crippen LogP contribution is -2.16. The molecule has 0 saturated carbocycles. The number of ether oxygens (including phenoxy) is 1. The minimum absolute atomic E-state index is 0.0460. The predicted octanol–water partition coefficient (Wildman–Crippen LogP) is 4.00. The topological polar surface area (TPSA) is 43.4 Å². The summed E-state index contributed by atoms with van der Waals surface area (Å²) >= 11 is 0. The standard InChI is InChI=1S/C15H20FO3P/c1-5-20(18,6-2)14(11(3)15(17)19-4)12-9-7-8-10-13(12)16/h7-10,14H,3,5-6H2,1-2,4H3/t14-/m0/s1. The number of carbonyl (C=O) groups excluding carboxylic acids is 1. The summed E-state index contributed by atoms with van der Waals surface area (Å²) in [6, 6.07) is 6.06. The molecule has 0 spiro atoms. The van der Waals surface area contributed by atoms with Gasteiger partial charge in [0.25, 0.3) is 0 Å². The number of halogens is 1. The van der Waals surface area contributed by atoms with E-state index in [0.29, 0.717) is 12.3 Å². The fourth-order valence-corrected chi connectivity index (χ4v) is 4.82. The summed E-state index contributed by atoms with van der Waals surface area (Å²) in [4.78, 5) is 11.8. The Labute approximate surface area is 119 Å². The molecule has 0 bridgehead atoms. The van der Waals surface area contributed by atoms with Crippen LogP contribution in [0.4, 0.5) is 4.39 Å². The van der Waals surface area contributed by atoms with Gasteiger partial charge in [-0.05, 0) is 18.4 Å². The summed E-state index contributed by atoms with van der Waals surface area (Å²) in [6.45, 7) is 7.25. The Hall–Kier alpha value is -1.41. The molecule has 110 valence electrons. The zero-order valence-electron chi connectivity index (χ0n) is 12.1. The molecule has 0 radical (unpaired) electrons. The molecular formula is C15H20FO3P. The molecule has 0 amide bonds. The first-order chi connectivity index (χ1) is 9.41. The lowest BCUT2D eigenvalue weighted by atomic mass is 10.1. The lowest BCUT2D eigenvalue weighted by molar-refractivity contribution is -0.136. The normalized spacial score (nSPS) is 12.8. The van der Waals surface area contributed by atoms with Crippen LogP contribution in [0.3, 0.4) is 0 Å². The molecule has 0 saturated heterocycles. The van der Waals surface area contributed by atoms with E-state index in [1.54, 1.807) is 32.0 Å². The molecule has 3 nitrogen and oxygen atoms in total. The van der Waals surface area contributed by atoms with Gasteiger partial charge < -0.3 is 9.30 Å². The zero-order chi connectivity index (χ0) is 15.3. The van der Waals surface area contributed by atoms with Gasteiger partial charge >= 0.3 is 5.97 Å². The van der Waals surface area contributed by atoms with Gasteiger partial charge in [0.15, 0.2) is 0 Å². The molecule has 5 heteroatoms. The van der Waals surface area contributed by atoms with Gasteiger partial charge in [0.2, 0.25) is 0 Å². The van der Waals surface area contributed by atoms with Crippen molar-refractivity contribution in [2.75, 3.05) is 19.4 Å². The van der Waals surface area contributed by atoms with Crippen LogP contribution in [0.25, 0.3) is 0 Å². The van der Waals surface area contributed by atoms with Crippen LogP contribution in [0.15, 0.2) is 36.4 Å². The van der Waals surface area contributed by atoms with Crippen molar-refractivity contribution in [3.8, 4) is 0 Å². The first-order valence-electron chi connectivity index (χ1n) is 6.50. The number of esters is 1. The minimum Gasteiger partial charge on any atom is -0.466 e. The third-order valence-electron chi connectivity index (χ3n) is 3.52. The SMILES string of the molecule is C=C(C(=O)OC)[C@@H](c1ccccc1F)P(=O)(CC)CC.